The van der Waals surface area contributed by atoms with Gasteiger partial charge in [-0.05, 0) is 19.3 Å². The van der Waals surface area contributed by atoms with E-state index in [0.29, 0.717) is 0 Å². The molecule has 0 aromatic carbocycles. The van der Waals surface area contributed by atoms with Gasteiger partial charge in [-0.2, -0.15) is 11.9 Å². The average Bonchev–Trinajstić information content (AvgIpc) is 2.33. The van der Waals surface area contributed by atoms with E-state index in [4.69, 9.17) is 0 Å². The summed E-state index contributed by atoms with van der Waals surface area (Å²) in [5.41, 5.74) is 2.84. The molecule has 0 atom stereocenters. The summed E-state index contributed by atoms with van der Waals surface area (Å²) in [7, 11) is 0. The minimum atomic E-state index is 1.21. The first-order chi connectivity index (χ1) is 4.47. The van der Waals surface area contributed by atoms with E-state index in [9.17, 15) is 0 Å². The Labute approximate surface area is 55.1 Å². The number of hydrogen-bond acceptors (Lipinski definition) is 0. The molecule has 0 fully saturated rings. The van der Waals surface area contributed by atoms with Crippen LogP contribution in [0.15, 0.2) is 12.3 Å². The van der Waals surface area contributed by atoms with Crippen molar-refractivity contribution in [3.05, 3.63) is 23.5 Å². The van der Waals surface area contributed by atoms with Crippen LogP contribution in [0.2, 0.25) is 0 Å². The lowest BCUT2D eigenvalue weighted by Gasteiger charge is -2.16. The third kappa shape index (κ3) is 0.766. The van der Waals surface area contributed by atoms with Gasteiger partial charge in [0.25, 0.3) is 0 Å². The molecule has 1 aromatic rings. The maximum absolute atomic E-state index is 4.26. The molecule has 0 N–H and O–H groups in total. The fraction of sp³-hybridized carbons (Fsp3) is 0.500. The second-order valence-electron chi connectivity index (χ2n) is 2.62. The number of hydrogen-bond donors (Lipinski definition) is 0. The summed E-state index contributed by atoms with van der Waals surface area (Å²) in [6.45, 7) is 0. The second kappa shape index (κ2) is 1.90. The van der Waals surface area contributed by atoms with Crippen molar-refractivity contribution in [3.63, 3.8) is 0 Å². The van der Waals surface area contributed by atoms with Crippen LogP contribution in [0.25, 0.3) is 0 Å². The smallest absolute Gasteiger partial charge is 0.0295 e. The fourth-order valence-corrected chi connectivity index (χ4v) is 1.46. The first-order valence-electron chi connectivity index (χ1n) is 3.56. The summed E-state index contributed by atoms with van der Waals surface area (Å²) in [5.74, 6) is 0. The Bertz CT molecular complexity index is 180. The molecule has 1 aromatic heterocycles. The zero-order valence-electron chi connectivity index (χ0n) is 5.43. The SMILES string of the molecule is c1cc2c([n-]1)CCCC2. The summed E-state index contributed by atoms with van der Waals surface area (Å²) >= 11 is 0. The van der Waals surface area contributed by atoms with Gasteiger partial charge in [0.05, 0.1) is 0 Å². The Morgan fingerprint density at radius 1 is 1.22 bits per heavy atom. The van der Waals surface area contributed by atoms with Gasteiger partial charge < -0.3 is 4.98 Å². The molecule has 1 heteroatoms. The maximum Gasteiger partial charge on any atom is -0.0295 e. The van der Waals surface area contributed by atoms with E-state index >= 15 is 0 Å². The van der Waals surface area contributed by atoms with Crippen molar-refractivity contribution in [2.24, 2.45) is 0 Å². The van der Waals surface area contributed by atoms with Crippen LogP contribution in [-0.4, -0.2) is 0 Å². The molecule has 9 heavy (non-hydrogen) atoms. The quantitative estimate of drug-likeness (QED) is 0.506. The Kier molecular flexibility index (Phi) is 1.08. The van der Waals surface area contributed by atoms with Crippen LogP contribution in [-0.2, 0) is 12.8 Å². The molecular formula is C8H10N-. The highest BCUT2D eigenvalue weighted by atomic mass is 14.7. The van der Waals surface area contributed by atoms with Crippen LogP contribution in [0.5, 0.6) is 0 Å². The normalized spacial score (nSPS) is 17.3. The van der Waals surface area contributed by atoms with Crippen LogP contribution >= 0.6 is 0 Å². The molecule has 0 unspecified atom stereocenters. The number of nitrogens with zero attached hydrogens (tertiary/aromatic N) is 1. The van der Waals surface area contributed by atoms with Crippen LogP contribution in [0.4, 0.5) is 0 Å². The molecule has 2 rings (SSSR count). The molecule has 0 saturated heterocycles. The van der Waals surface area contributed by atoms with E-state index in [1.807, 2.05) is 6.20 Å². The lowest BCUT2D eigenvalue weighted by atomic mass is 9.98. The number of rotatable bonds is 0. The van der Waals surface area contributed by atoms with Crippen LogP contribution in [0.1, 0.15) is 24.1 Å². The lowest BCUT2D eigenvalue weighted by molar-refractivity contribution is 0.675. The number of aryl methyl sites for hydroxylation is 2. The molecule has 0 spiro atoms. The third-order valence-corrected chi connectivity index (χ3v) is 1.99. The van der Waals surface area contributed by atoms with E-state index in [0.717, 1.165) is 0 Å². The second-order valence-corrected chi connectivity index (χ2v) is 2.62. The molecule has 1 aliphatic rings. The number of aromatic nitrogens is 1. The van der Waals surface area contributed by atoms with E-state index in [1.165, 1.54) is 36.9 Å². The summed E-state index contributed by atoms with van der Waals surface area (Å²) < 4.78 is 0. The van der Waals surface area contributed by atoms with E-state index in [-0.39, 0.29) is 0 Å². The van der Waals surface area contributed by atoms with Gasteiger partial charge in [-0.3, -0.25) is 0 Å². The molecule has 0 saturated carbocycles. The zero-order valence-corrected chi connectivity index (χ0v) is 5.43. The molecule has 0 amide bonds. The van der Waals surface area contributed by atoms with Crippen molar-refractivity contribution in [2.75, 3.05) is 0 Å². The van der Waals surface area contributed by atoms with Crippen molar-refractivity contribution in [1.29, 1.82) is 0 Å². The van der Waals surface area contributed by atoms with Gasteiger partial charge in [0.1, 0.15) is 0 Å². The van der Waals surface area contributed by atoms with E-state index < -0.39 is 0 Å². The Morgan fingerprint density at radius 2 is 2.11 bits per heavy atom. The predicted molar refractivity (Wildman–Crippen MR) is 36.4 cm³/mol. The molecule has 1 heterocycles. The average molecular weight is 120 g/mol. The van der Waals surface area contributed by atoms with Crippen molar-refractivity contribution >= 4 is 0 Å². The molecule has 48 valence electrons. The Hall–Kier alpha value is -0.720. The van der Waals surface area contributed by atoms with Gasteiger partial charge >= 0.3 is 0 Å². The van der Waals surface area contributed by atoms with E-state index in [2.05, 4.69) is 11.1 Å². The van der Waals surface area contributed by atoms with Gasteiger partial charge in [-0.25, -0.2) is 0 Å². The molecule has 1 nitrogen and oxygen atoms in total. The predicted octanol–water partition coefficient (Wildman–Crippen LogP) is 1.52. The van der Waals surface area contributed by atoms with Crippen LogP contribution in [0.3, 0.4) is 0 Å². The van der Waals surface area contributed by atoms with Crippen molar-refractivity contribution in [2.45, 2.75) is 25.7 Å². The zero-order chi connectivity index (χ0) is 6.10. The largest absolute Gasteiger partial charge is 0.667 e. The highest BCUT2D eigenvalue weighted by molar-refractivity contribution is 5.22. The third-order valence-electron chi connectivity index (χ3n) is 1.99. The minimum Gasteiger partial charge on any atom is -0.667 e. The summed E-state index contributed by atoms with van der Waals surface area (Å²) in [4.78, 5) is 4.26. The Morgan fingerprint density at radius 3 is 3.00 bits per heavy atom. The monoisotopic (exact) mass is 120 g/mol. The lowest BCUT2D eigenvalue weighted by Crippen LogP contribution is -2.00. The molecule has 1 aliphatic carbocycles. The Balaban J connectivity index is 2.39. The maximum atomic E-state index is 4.26. The van der Waals surface area contributed by atoms with Crippen LogP contribution in [0, 0.1) is 0 Å². The molecule has 0 aliphatic heterocycles. The van der Waals surface area contributed by atoms with E-state index in [1.54, 1.807) is 0 Å². The van der Waals surface area contributed by atoms with Gasteiger partial charge in [-0.1, -0.05) is 18.1 Å². The summed E-state index contributed by atoms with van der Waals surface area (Å²) in [6.07, 6.45) is 7.09. The fourth-order valence-electron chi connectivity index (χ4n) is 1.46. The number of fused-ring (bicyclic) bond motifs is 1. The van der Waals surface area contributed by atoms with Crippen molar-refractivity contribution < 1.29 is 0 Å². The first-order valence-corrected chi connectivity index (χ1v) is 3.56. The molecular weight excluding hydrogens is 110 g/mol. The first kappa shape index (κ1) is 5.10. The minimum absolute atomic E-state index is 1.21. The molecule has 0 radical (unpaired) electrons. The highest BCUT2D eigenvalue weighted by Gasteiger charge is 2.01. The van der Waals surface area contributed by atoms with Gasteiger partial charge in [-0.15, -0.1) is 0 Å². The summed E-state index contributed by atoms with van der Waals surface area (Å²) in [6, 6.07) is 2.15. The summed E-state index contributed by atoms with van der Waals surface area (Å²) in [5, 5.41) is 0. The van der Waals surface area contributed by atoms with Gasteiger partial charge in [0.2, 0.25) is 0 Å². The molecule has 0 bridgehead atoms. The van der Waals surface area contributed by atoms with Gasteiger partial charge in [0, 0.05) is 0 Å². The van der Waals surface area contributed by atoms with Gasteiger partial charge in [0.15, 0.2) is 0 Å². The standard InChI is InChI=1S/C8H10N/c1-2-4-8-7(3-1)5-6-9-8/h5-6H,1-4H2/q-1. The van der Waals surface area contributed by atoms with Crippen LogP contribution < -0.4 is 4.98 Å². The topological polar surface area (TPSA) is 14.1 Å². The highest BCUT2D eigenvalue weighted by Crippen LogP contribution is 2.17. The van der Waals surface area contributed by atoms with Crippen molar-refractivity contribution in [1.82, 2.24) is 4.98 Å². The van der Waals surface area contributed by atoms with Crippen molar-refractivity contribution in [3.8, 4) is 0 Å².